The predicted molar refractivity (Wildman–Crippen MR) is 79.6 cm³/mol. The molecule has 4 N–H and O–H groups in total. The summed E-state index contributed by atoms with van der Waals surface area (Å²) in [4.78, 5) is 30.2. The molecule has 0 bridgehead atoms. The van der Waals surface area contributed by atoms with Crippen molar-refractivity contribution in [1.29, 1.82) is 0 Å². The first-order valence-electron chi connectivity index (χ1n) is 6.30. The van der Waals surface area contributed by atoms with E-state index in [1.54, 1.807) is 12.1 Å². The lowest BCUT2D eigenvalue weighted by atomic mass is 9.89. The van der Waals surface area contributed by atoms with Crippen molar-refractivity contribution in [2.45, 2.75) is 6.42 Å². The van der Waals surface area contributed by atoms with Gasteiger partial charge in [0, 0.05) is 6.42 Å². The first-order chi connectivity index (χ1) is 10.3. The number of aromatic hydroxyl groups is 1. The molecule has 1 unspecified atom stereocenters. The van der Waals surface area contributed by atoms with Gasteiger partial charge in [-0.1, -0.05) is 18.2 Å². The number of phenolic OH excluding ortho intramolecular Hbond substituents is 1. The van der Waals surface area contributed by atoms with Crippen LogP contribution in [0.4, 0.5) is 0 Å². The fourth-order valence-corrected chi connectivity index (χ4v) is 2.61. The van der Waals surface area contributed by atoms with Crippen molar-refractivity contribution < 1.29 is 29.4 Å². The molecule has 8 heteroatoms. The molecule has 1 aliphatic rings. The number of benzene rings is 1. The fourth-order valence-electron chi connectivity index (χ4n) is 2.13. The number of nitrogens with zero attached hydrogens (tertiary/aromatic N) is 1. The summed E-state index contributed by atoms with van der Waals surface area (Å²) >= 11 is 0. The Kier molecular flexibility index (Phi) is 4.61. The van der Waals surface area contributed by atoms with Gasteiger partial charge >= 0.3 is 7.75 Å². The highest BCUT2D eigenvalue weighted by Gasteiger charge is 2.30. The molecule has 0 heterocycles. The van der Waals surface area contributed by atoms with Crippen molar-refractivity contribution in [2.75, 3.05) is 0 Å². The zero-order valence-electron chi connectivity index (χ0n) is 11.3. The highest BCUT2D eigenvalue weighted by atomic mass is 31.2. The maximum atomic E-state index is 12.3. The van der Waals surface area contributed by atoms with E-state index in [1.165, 1.54) is 30.4 Å². The van der Waals surface area contributed by atoms with Gasteiger partial charge < -0.3 is 20.0 Å². The molecule has 1 aliphatic carbocycles. The van der Waals surface area contributed by atoms with E-state index in [9.17, 15) is 19.6 Å². The summed E-state index contributed by atoms with van der Waals surface area (Å²) in [5.74, 6) is -2.06. The van der Waals surface area contributed by atoms with Crippen molar-refractivity contribution in [2.24, 2.45) is 10.7 Å². The molecule has 0 aliphatic heterocycles. The number of phenols is 1. The Bertz CT molecular complexity index is 731. The van der Waals surface area contributed by atoms with E-state index in [-0.39, 0.29) is 23.6 Å². The van der Waals surface area contributed by atoms with Crippen LogP contribution in [0.15, 0.2) is 53.0 Å². The van der Waals surface area contributed by atoms with Crippen molar-refractivity contribution in [3.05, 3.63) is 53.8 Å². The zero-order chi connectivity index (χ0) is 16.3. The molecule has 0 radical (unpaired) electrons. The van der Waals surface area contributed by atoms with Gasteiger partial charge in [0.15, 0.2) is 5.78 Å². The van der Waals surface area contributed by atoms with Gasteiger partial charge in [0.2, 0.25) is 0 Å². The molecule has 1 atom stereocenters. The number of hydrogen-bond donors (Lipinski definition) is 4. The molecule has 7 nitrogen and oxygen atoms in total. The summed E-state index contributed by atoms with van der Waals surface area (Å²) in [6.45, 7) is 0. The average molecular weight is 323 g/mol. The second-order valence-corrected chi connectivity index (χ2v) is 5.96. The highest BCUT2D eigenvalue weighted by molar-refractivity contribution is 7.50. The number of carbonyl (C=O) groups excluding carboxylic acids is 1. The third-order valence-corrected chi connectivity index (χ3v) is 3.47. The summed E-state index contributed by atoms with van der Waals surface area (Å²) in [6.07, 6.45) is 3.76. The second kappa shape index (κ2) is 6.27. The van der Waals surface area contributed by atoms with Crippen LogP contribution < -0.4 is 0 Å². The van der Waals surface area contributed by atoms with Crippen LogP contribution in [-0.4, -0.2) is 31.5 Å². The van der Waals surface area contributed by atoms with Crippen LogP contribution in [0.5, 0.6) is 5.75 Å². The second-order valence-electron chi connectivity index (χ2n) is 4.73. The lowest BCUT2D eigenvalue weighted by Gasteiger charge is -2.18. The van der Waals surface area contributed by atoms with Crippen molar-refractivity contribution in [1.82, 2.24) is 0 Å². The van der Waals surface area contributed by atoms with Gasteiger partial charge in [-0.2, -0.15) is 4.76 Å². The minimum Gasteiger partial charge on any atom is -0.511 e. The lowest BCUT2D eigenvalue weighted by molar-refractivity contribution is -0.120. The quantitative estimate of drug-likeness (QED) is 0.624. The van der Waals surface area contributed by atoms with E-state index >= 15 is 0 Å². The van der Waals surface area contributed by atoms with Crippen molar-refractivity contribution in [3.8, 4) is 5.75 Å². The van der Waals surface area contributed by atoms with Crippen LogP contribution in [0.1, 0.15) is 5.56 Å². The number of aliphatic hydroxyl groups is 1. The van der Waals surface area contributed by atoms with E-state index in [1.807, 2.05) is 0 Å². The normalized spacial score (nSPS) is 20.0. The number of rotatable bonds is 4. The number of allylic oxidation sites excluding steroid dienone is 4. The van der Waals surface area contributed by atoms with Gasteiger partial charge in [0.25, 0.3) is 0 Å². The van der Waals surface area contributed by atoms with Crippen LogP contribution in [-0.2, 0) is 15.8 Å². The topological polar surface area (TPSA) is 127 Å². The molecule has 0 spiro atoms. The van der Waals surface area contributed by atoms with E-state index < -0.39 is 19.4 Å². The predicted octanol–water partition coefficient (Wildman–Crippen LogP) is 1.67. The number of carbonyl (C=O) groups is 1. The van der Waals surface area contributed by atoms with Gasteiger partial charge in [0.05, 0.1) is 5.71 Å². The Labute approximate surface area is 126 Å². The molecule has 2 rings (SSSR count). The van der Waals surface area contributed by atoms with Gasteiger partial charge in [0.1, 0.15) is 17.4 Å². The Balaban J connectivity index is 2.29. The van der Waals surface area contributed by atoms with Gasteiger partial charge in [-0.05, 0) is 29.8 Å². The van der Waals surface area contributed by atoms with E-state index in [4.69, 9.17) is 9.79 Å². The number of hydrogen-bond acceptors (Lipinski definition) is 4. The summed E-state index contributed by atoms with van der Waals surface area (Å²) in [7, 11) is -4.72. The zero-order valence-corrected chi connectivity index (χ0v) is 12.2. The van der Waals surface area contributed by atoms with Crippen molar-refractivity contribution in [3.63, 3.8) is 0 Å². The minimum atomic E-state index is -4.72. The fraction of sp³-hybridized carbons (Fsp3) is 0.143. The smallest absolute Gasteiger partial charge is 0.448 e. The Morgan fingerprint density at radius 2 is 2.00 bits per heavy atom. The molecule has 0 amide bonds. The third-order valence-electron chi connectivity index (χ3n) is 2.98. The molecule has 0 aromatic heterocycles. The van der Waals surface area contributed by atoms with E-state index in [0.717, 1.165) is 0 Å². The van der Waals surface area contributed by atoms with Crippen LogP contribution in [0.2, 0.25) is 0 Å². The SMILES string of the molecule is O=C(Cc1cccc(O)c1)C1C(O)=CC=C/C1=N\P(=O)(O)O. The largest absolute Gasteiger partial charge is 0.511 e. The molecule has 0 saturated heterocycles. The van der Waals surface area contributed by atoms with E-state index in [0.29, 0.717) is 5.56 Å². The molecule has 1 aromatic carbocycles. The van der Waals surface area contributed by atoms with Crippen LogP contribution >= 0.6 is 7.75 Å². The molecular formula is C14H14NO6P. The number of ketones is 1. The van der Waals surface area contributed by atoms with Crippen molar-refractivity contribution >= 4 is 19.2 Å². The first-order valence-corrected chi connectivity index (χ1v) is 7.86. The summed E-state index contributed by atoms with van der Waals surface area (Å²) in [5.41, 5.74) is 0.321. The Morgan fingerprint density at radius 3 is 2.64 bits per heavy atom. The lowest BCUT2D eigenvalue weighted by Crippen LogP contribution is -2.28. The van der Waals surface area contributed by atoms with Gasteiger partial charge in [-0.3, -0.25) is 4.79 Å². The standard InChI is InChI=1S/C14H14NO6P/c16-10-4-1-3-9(7-10)8-13(18)14-11(15-22(19,20)21)5-2-6-12(14)17/h1-7,14,16-17H,8H2,(H2,19,20,21)/b15-11+. The molecule has 0 saturated carbocycles. The van der Waals surface area contributed by atoms with Crippen LogP contribution in [0.3, 0.4) is 0 Å². The number of aliphatic hydroxyl groups excluding tert-OH is 1. The summed E-state index contributed by atoms with van der Waals surface area (Å²) in [5, 5.41) is 19.2. The average Bonchev–Trinajstić information content (AvgIpc) is 2.36. The van der Waals surface area contributed by atoms with E-state index in [2.05, 4.69) is 4.76 Å². The first kappa shape index (κ1) is 16.2. The monoisotopic (exact) mass is 323 g/mol. The maximum Gasteiger partial charge on any atom is 0.448 e. The third kappa shape index (κ3) is 4.14. The molecule has 116 valence electrons. The molecule has 1 aromatic rings. The van der Waals surface area contributed by atoms with Gasteiger partial charge in [-0.15, -0.1) is 0 Å². The van der Waals surface area contributed by atoms with Crippen LogP contribution in [0.25, 0.3) is 0 Å². The minimum absolute atomic E-state index is 0.00212. The molecule has 22 heavy (non-hydrogen) atoms. The summed E-state index contributed by atoms with van der Waals surface area (Å²) < 4.78 is 14.2. The van der Waals surface area contributed by atoms with Gasteiger partial charge in [-0.25, -0.2) is 4.57 Å². The molecular weight excluding hydrogens is 309 g/mol. The highest BCUT2D eigenvalue weighted by Crippen LogP contribution is 2.38. The number of Topliss-reactive ketones (excluding diaryl/α,β-unsaturated/α-hetero) is 1. The molecule has 0 fully saturated rings. The Hall–Kier alpha value is -2.21. The maximum absolute atomic E-state index is 12.3. The van der Waals surface area contributed by atoms with Crippen LogP contribution in [0, 0.1) is 5.92 Å². The Morgan fingerprint density at radius 1 is 1.27 bits per heavy atom. The summed E-state index contributed by atoms with van der Waals surface area (Å²) in [6, 6.07) is 6.04.